The van der Waals surface area contributed by atoms with Gasteiger partial charge in [-0.1, -0.05) is 23.7 Å². The van der Waals surface area contributed by atoms with Crippen molar-refractivity contribution in [2.45, 2.75) is 0 Å². The molecule has 0 unspecified atom stereocenters. The molecule has 0 bridgehead atoms. The van der Waals surface area contributed by atoms with Gasteiger partial charge in [0.05, 0.1) is 10.5 Å². The van der Waals surface area contributed by atoms with E-state index in [0.717, 1.165) is 0 Å². The van der Waals surface area contributed by atoms with Gasteiger partial charge in [0.15, 0.2) is 0 Å². The summed E-state index contributed by atoms with van der Waals surface area (Å²) in [6.07, 6.45) is 1.50. The fourth-order valence-corrected chi connectivity index (χ4v) is 1.38. The molecule has 0 aliphatic rings. The van der Waals surface area contributed by atoms with Crippen molar-refractivity contribution in [2.75, 3.05) is 6.54 Å². The number of carbonyl (C=O) groups excluding carboxylic acids is 1. The van der Waals surface area contributed by atoms with Gasteiger partial charge in [-0.3, -0.25) is 14.9 Å². The van der Waals surface area contributed by atoms with Crippen molar-refractivity contribution in [3.63, 3.8) is 0 Å². The lowest BCUT2D eigenvalue weighted by atomic mass is 10.2. The molecule has 0 radical (unpaired) electrons. The Morgan fingerprint density at radius 2 is 2.31 bits per heavy atom. The predicted molar refractivity (Wildman–Crippen MR) is 60.6 cm³/mol. The molecule has 16 heavy (non-hydrogen) atoms. The average Bonchev–Trinajstić information content (AvgIpc) is 2.25. The summed E-state index contributed by atoms with van der Waals surface area (Å²) in [4.78, 5) is 21.5. The second-order valence-electron chi connectivity index (χ2n) is 2.89. The third-order valence-corrected chi connectivity index (χ3v) is 2.22. The van der Waals surface area contributed by atoms with Gasteiger partial charge >= 0.3 is 0 Å². The van der Waals surface area contributed by atoms with Gasteiger partial charge in [-0.15, -0.1) is 6.58 Å². The highest BCUT2D eigenvalue weighted by molar-refractivity contribution is 6.35. The molecule has 0 spiro atoms. The highest BCUT2D eigenvalue weighted by atomic mass is 35.5. The predicted octanol–water partition coefficient (Wildman–Crippen LogP) is 2.16. The SMILES string of the molecule is C=CCNC(=O)c1cccc([N+](=O)[O-])c1Cl. The smallest absolute Gasteiger partial charge is 0.288 e. The van der Waals surface area contributed by atoms with Crippen LogP contribution >= 0.6 is 11.6 Å². The molecular weight excluding hydrogens is 232 g/mol. The first-order valence-electron chi connectivity index (χ1n) is 4.40. The van der Waals surface area contributed by atoms with Crippen molar-refractivity contribution < 1.29 is 9.72 Å². The van der Waals surface area contributed by atoms with Crippen LogP contribution in [0.15, 0.2) is 30.9 Å². The molecule has 0 aliphatic heterocycles. The van der Waals surface area contributed by atoms with Crippen molar-refractivity contribution >= 4 is 23.2 Å². The van der Waals surface area contributed by atoms with Crippen molar-refractivity contribution in [3.8, 4) is 0 Å². The zero-order chi connectivity index (χ0) is 12.1. The third-order valence-electron chi connectivity index (χ3n) is 1.83. The van der Waals surface area contributed by atoms with Crippen LogP contribution in [-0.2, 0) is 0 Å². The largest absolute Gasteiger partial charge is 0.349 e. The number of halogens is 1. The molecule has 0 saturated heterocycles. The average molecular weight is 241 g/mol. The first-order chi connectivity index (χ1) is 7.57. The number of hydrogen-bond donors (Lipinski definition) is 1. The number of benzene rings is 1. The molecule has 0 atom stereocenters. The van der Waals surface area contributed by atoms with Crippen LogP contribution in [-0.4, -0.2) is 17.4 Å². The van der Waals surface area contributed by atoms with E-state index in [2.05, 4.69) is 11.9 Å². The van der Waals surface area contributed by atoms with Gasteiger partial charge in [0.2, 0.25) is 0 Å². The van der Waals surface area contributed by atoms with E-state index in [0.29, 0.717) is 0 Å². The monoisotopic (exact) mass is 240 g/mol. The number of nitrogens with one attached hydrogen (secondary N) is 1. The van der Waals surface area contributed by atoms with Crippen LogP contribution < -0.4 is 5.32 Å². The molecule has 1 amide bonds. The quantitative estimate of drug-likeness (QED) is 0.498. The molecular formula is C10H9ClN2O3. The fraction of sp³-hybridized carbons (Fsp3) is 0.100. The molecule has 6 heteroatoms. The van der Waals surface area contributed by atoms with Gasteiger partial charge in [-0.25, -0.2) is 0 Å². The Morgan fingerprint density at radius 1 is 1.62 bits per heavy atom. The van der Waals surface area contributed by atoms with Gasteiger partial charge in [-0.05, 0) is 6.07 Å². The Bertz CT molecular complexity index is 446. The second-order valence-corrected chi connectivity index (χ2v) is 3.27. The molecule has 5 nitrogen and oxygen atoms in total. The van der Waals surface area contributed by atoms with Crippen molar-refractivity contribution in [3.05, 3.63) is 51.6 Å². The zero-order valence-corrected chi connectivity index (χ0v) is 9.03. The Hall–Kier alpha value is -1.88. The van der Waals surface area contributed by atoms with Crippen LogP contribution in [0, 0.1) is 10.1 Å². The minimum absolute atomic E-state index is 0.0812. The Morgan fingerprint density at radius 3 is 2.88 bits per heavy atom. The highest BCUT2D eigenvalue weighted by Gasteiger charge is 2.19. The lowest BCUT2D eigenvalue weighted by molar-refractivity contribution is -0.384. The maximum absolute atomic E-state index is 11.5. The Kier molecular flexibility index (Phi) is 4.02. The molecule has 0 saturated carbocycles. The van der Waals surface area contributed by atoms with Crippen LogP contribution in [0.4, 0.5) is 5.69 Å². The van der Waals surface area contributed by atoms with E-state index in [4.69, 9.17) is 11.6 Å². The number of hydrogen-bond acceptors (Lipinski definition) is 3. The normalized spacial score (nSPS) is 9.56. The molecule has 1 N–H and O–H groups in total. The zero-order valence-electron chi connectivity index (χ0n) is 8.27. The highest BCUT2D eigenvalue weighted by Crippen LogP contribution is 2.27. The van der Waals surface area contributed by atoms with Crippen molar-refractivity contribution in [1.82, 2.24) is 5.32 Å². The Labute approximate surface area is 96.9 Å². The summed E-state index contributed by atoms with van der Waals surface area (Å²) < 4.78 is 0. The van der Waals surface area contributed by atoms with Crippen LogP contribution in [0.1, 0.15) is 10.4 Å². The molecule has 0 heterocycles. The third kappa shape index (κ3) is 2.58. The van der Waals surface area contributed by atoms with E-state index >= 15 is 0 Å². The lowest BCUT2D eigenvalue weighted by Crippen LogP contribution is -2.23. The van der Waals surface area contributed by atoms with Crippen LogP contribution in [0.3, 0.4) is 0 Å². The molecule has 1 rings (SSSR count). The van der Waals surface area contributed by atoms with Crippen molar-refractivity contribution in [1.29, 1.82) is 0 Å². The summed E-state index contributed by atoms with van der Waals surface area (Å²) in [5.74, 6) is -0.464. The molecule has 1 aromatic carbocycles. The molecule has 0 aliphatic carbocycles. The van der Waals surface area contributed by atoms with Gasteiger partial charge in [0.1, 0.15) is 5.02 Å². The van der Waals surface area contributed by atoms with E-state index in [1.165, 1.54) is 24.3 Å². The minimum Gasteiger partial charge on any atom is -0.349 e. The number of amides is 1. The number of nitrogens with zero attached hydrogens (tertiary/aromatic N) is 1. The van der Waals surface area contributed by atoms with Gasteiger partial charge < -0.3 is 5.32 Å². The van der Waals surface area contributed by atoms with Gasteiger partial charge in [0.25, 0.3) is 11.6 Å². The minimum atomic E-state index is -0.632. The van der Waals surface area contributed by atoms with Gasteiger partial charge in [0, 0.05) is 12.6 Å². The summed E-state index contributed by atoms with van der Waals surface area (Å²) in [6, 6.07) is 4.08. The van der Waals surface area contributed by atoms with Crippen LogP contribution in [0.5, 0.6) is 0 Å². The van der Waals surface area contributed by atoms with Crippen molar-refractivity contribution in [2.24, 2.45) is 0 Å². The van der Waals surface area contributed by atoms with Crippen LogP contribution in [0.2, 0.25) is 5.02 Å². The van der Waals surface area contributed by atoms with Crippen LogP contribution in [0.25, 0.3) is 0 Å². The fourth-order valence-electron chi connectivity index (χ4n) is 1.10. The van der Waals surface area contributed by atoms with E-state index in [1.54, 1.807) is 0 Å². The second kappa shape index (κ2) is 5.27. The van der Waals surface area contributed by atoms with E-state index in [1.807, 2.05) is 0 Å². The van der Waals surface area contributed by atoms with E-state index in [9.17, 15) is 14.9 Å². The summed E-state index contributed by atoms with van der Waals surface area (Å²) >= 11 is 5.75. The number of nitro groups is 1. The number of carbonyl (C=O) groups is 1. The number of nitro benzene ring substituents is 1. The summed E-state index contributed by atoms with van der Waals surface area (Å²) in [7, 11) is 0. The van der Waals surface area contributed by atoms with E-state index in [-0.39, 0.29) is 22.8 Å². The molecule has 84 valence electrons. The molecule has 0 aromatic heterocycles. The maximum Gasteiger partial charge on any atom is 0.288 e. The summed E-state index contributed by atoms with van der Waals surface area (Å²) in [5, 5.41) is 12.9. The van der Waals surface area contributed by atoms with Gasteiger partial charge in [-0.2, -0.15) is 0 Å². The first-order valence-corrected chi connectivity index (χ1v) is 4.77. The lowest BCUT2D eigenvalue weighted by Gasteiger charge is -2.04. The standard InChI is InChI=1S/C10H9ClN2O3/c1-2-6-12-10(14)7-4-3-5-8(9(7)11)13(15)16/h2-5H,1,6H2,(H,12,14). The summed E-state index contributed by atoms with van der Waals surface area (Å²) in [6.45, 7) is 3.71. The molecule has 0 fully saturated rings. The maximum atomic E-state index is 11.5. The molecule has 1 aromatic rings. The number of rotatable bonds is 4. The first kappa shape index (κ1) is 12.2. The summed E-state index contributed by atoms with van der Waals surface area (Å²) in [5.41, 5.74) is -0.203. The topological polar surface area (TPSA) is 72.2 Å². The Balaban J connectivity index is 3.05. The van der Waals surface area contributed by atoms with E-state index < -0.39 is 10.8 Å².